The molecule has 0 aliphatic heterocycles. The fourth-order valence-electron chi connectivity index (χ4n) is 13.8. The Balaban J connectivity index is 0.000000152. The van der Waals surface area contributed by atoms with Gasteiger partial charge in [0.15, 0.2) is 34.9 Å². The smallest absolute Gasteiger partial charge is 0.164 e. The first-order chi connectivity index (χ1) is 48.6. The number of nitrogens with zero attached hydrogens (tertiary/aromatic N) is 6. The number of furan rings is 1. The van der Waals surface area contributed by atoms with E-state index < -0.39 is 5.41 Å². The molecule has 7 nitrogen and oxygen atoms in total. The van der Waals surface area contributed by atoms with Gasteiger partial charge in [0.05, 0.1) is 5.41 Å². The van der Waals surface area contributed by atoms with Crippen molar-refractivity contribution in [2.45, 2.75) is 5.41 Å². The molecule has 7 heteroatoms. The van der Waals surface area contributed by atoms with Gasteiger partial charge in [-0.25, -0.2) is 29.9 Å². The van der Waals surface area contributed by atoms with Gasteiger partial charge >= 0.3 is 0 Å². The standard InChI is InChI=1S/C52H35N3.C39H25N3O/c1-5-16-36(17-6-1)38-28-32-40(33-29-38)49-53-50(41-34-30-39(31-35-41)37-18-7-2-8-19-37)55-51(54-49)45-25-15-27-47-48(45)44-24-13-14-26-46(44)52(47,42-20-9-3-10-21-42)43-22-11-4-12-23-43;1-3-9-26(10-4-1)28-15-19-30(20-16-28)37-40-38(31-21-17-29(18-22-31)27-11-5-2-6-12-27)42-39(41-37)32-23-24-36-34(25-32)33-13-7-8-14-35(33)43-36/h1-35H;1-25H. The Morgan fingerprint density at radius 3 is 0.918 bits per heavy atom. The van der Waals surface area contributed by atoms with Gasteiger partial charge in [-0.2, -0.15) is 0 Å². The second-order valence-corrected chi connectivity index (χ2v) is 24.5. The number of hydrogen-bond donors (Lipinski definition) is 0. The first-order valence-electron chi connectivity index (χ1n) is 33.0. The zero-order valence-electron chi connectivity index (χ0n) is 53.2. The molecule has 3 aromatic heterocycles. The molecule has 0 saturated heterocycles. The average Bonchev–Trinajstić information content (AvgIpc) is 1.53. The second kappa shape index (κ2) is 25.7. The second-order valence-electron chi connectivity index (χ2n) is 24.5. The van der Waals surface area contributed by atoms with E-state index in [-0.39, 0.29) is 0 Å². The van der Waals surface area contributed by atoms with Crippen molar-refractivity contribution in [1.29, 1.82) is 0 Å². The van der Waals surface area contributed by atoms with Gasteiger partial charge in [-0.05, 0) is 102 Å². The molecule has 1 aliphatic rings. The van der Waals surface area contributed by atoms with Gasteiger partial charge in [-0.1, -0.05) is 340 Å². The number of benzene rings is 14. The molecule has 17 aromatic rings. The van der Waals surface area contributed by atoms with Gasteiger partial charge in [0.25, 0.3) is 0 Å². The molecule has 0 bridgehead atoms. The van der Waals surface area contributed by atoms with Crippen molar-refractivity contribution in [2.24, 2.45) is 0 Å². The Hall–Kier alpha value is -13.1. The molecule has 98 heavy (non-hydrogen) atoms. The number of rotatable bonds is 12. The Morgan fingerprint density at radius 2 is 0.490 bits per heavy atom. The Labute approximate surface area is 568 Å². The molecule has 0 N–H and O–H groups in total. The first kappa shape index (κ1) is 58.7. The van der Waals surface area contributed by atoms with Crippen LogP contribution in [0.15, 0.2) is 368 Å². The minimum absolute atomic E-state index is 0.524. The van der Waals surface area contributed by atoms with Crippen LogP contribution in [-0.2, 0) is 5.41 Å². The molecule has 0 unspecified atom stereocenters. The van der Waals surface area contributed by atoms with Gasteiger partial charge in [0, 0.05) is 44.2 Å². The number of hydrogen-bond acceptors (Lipinski definition) is 7. The molecule has 0 amide bonds. The van der Waals surface area contributed by atoms with Crippen LogP contribution in [0.2, 0.25) is 0 Å². The summed E-state index contributed by atoms with van der Waals surface area (Å²) in [5.41, 5.74) is 23.3. The van der Waals surface area contributed by atoms with Crippen molar-refractivity contribution in [3.8, 4) is 124 Å². The Bertz CT molecular complexity index is 5430. The lowest BCUT2D eigenvalue weighted by Crippen LogP contribution is -2.28. The van der Waals surface area contributed by atoms with Crippen molar-refractivity contribution in [3.63, 3.8) is 0 Å². The fraction of sp³-hybridized carbons (Fsp3) is 0.0110. The van der Waals surface area contributed by atoms with Crippen molar-refractivity contribution in [2.75, 3.05) is 0 Å². The normalized spacial score (nSPS) is 12.0. The van der Waals surface area contributed by atoms with E-state index in [9.17, 15) is 0 Å². The molecule has 460 valence electrons. The van der Waals surface area contributed by atoms with E-state index in [0.29, 0.717) is 34.9 Å². The minimum atomic E-state index is -0.524. The largest absolute Gasteiger partial charge is 0.456 e. The summed E-state index contributed by atoms with van der Waals surface area (Å²) in [5.74, 6) is 3.78. The minimum Gasteiger partial charge on any atom is -0.456 e. The van der Waals surface area contributed by atoms with Crippen molar-refractivity contribution >= 4 is 21.9 Å². The predicted octanol–water partition coefficient (Wildman–Crippen LogP) is 22.7. The lowest BCUT2D eigenvalue weighted by molar-refractivity contribution is 0.669. The van der Waals surface area contributed by atoms with Crippen molar-refractivity contribution in [3.05, 3.63) is 386 Å². The third kappa shape index (κ3) is 11.1. The Kier molecular flexibility index (Phi) is 15.4. The summed E-state index contributed by atoms with van der Waals surface area (Å²) in [7, 11) is 0. The van der Waals surface area contributed by atoms with Crippen LogP contribution in [0.4, 0.5) is 0 Å². The lowest BCUT2D eigenvalue weighted by Gasteiger charge is -2.33. The van der Waals surface area contributed by atoms with E-state index in [4.69, 9.17) is 34.3 Å². The highest BCUT2D eigenvalue weighted by atomic mass is 16.3. The molecule has 0 saturated carbocycles. The van der Waals surface area contributed by atoms with Crippen molar-refractivity contribution < 1.29 is 4.42 Å². The summed E-state index contributed by atoms with van der Waals surface area (Å²) in [6, 6.07) is 127. The summed E-state index contributed by atoms with van der Waals surface area (Å²) in [6.07, 6.45) is 0. The quantitative estimate of drug-likeness (QED) is 0.120. The highest BCUT2D eigenvalue weighted by molar-refractivity contribution is 6.06. The third-order valence-corrected chi connectivity index (χ3v) is 18.6. The van der Waals surface area contributed by atoms with E-state index >= 15 is 0 Å². The zero-order valence-corrected chi connectivity index (χ0v) is 53.2. The van der Waals surface area contributed by atoms with Crippen LogP contribution < -0.4 is 0 Å². The maximum Gasteiger partial charge on any atom is 0.164 e. The molecule has 1 aliphatic carbocycles. The van der Waals surface area contributed by atoms with Gasteiger partial charge in [0.2, 0.25) is 0 Å². The van der Waals surface area contributed by atoms with E-state index in [0.717, 1.165) is 83.1 Å². The van der Waals surface area contributed by atoms with Crippen LogP contribution in [-0.4, -0.2) is 29.9 Å². The molecule has 3 heterocycles. The van der Waals surface area contributed by atoms with Crippen LogP contribution in [0.25, 0.3) is 146 Å². The van der Waals surface area contributed by atoms with Gasteiger partial charge in [0.1, 0.15) is 11.2 Å². The van der Waals surface area contributed by atoms with Crippen molar-refractivity contribution in [1.82, 2.24) is 29.9 Å². The monoisotopic (exact) mass is 1250 g/mol. The fourth-order valence-corrected chi connectivity index (χ4v) is 13.8. The van der Waals surface area contributed by atoms with Crippen LogP contribution in [0.1, 0.15) is 22.3 Å². The number of fused-ring (bicyclic) bond motifs is 6. The predicted molar refractivity (Wildman–Crippen MR) is 399 cm³/mol. The molecule has 14 aromatic carbocycles. The average molecular weight is 1250 g/mol. The number of para-hydroxylation sites is 1. The van der Waals surface area contributed by atoms with Gasteiger partial charge in [-0.15, -0.1) is 0 Å². The van der Waals surface area contributed by atoms with E-state index in [1.54, 1.807) is 0 Å². The highest BCUT2D eigenvalue weighted by Crippen LogP contribution is 2.58. The van der Waals surface area contributed by atoms with Crippen LogP contribution >= 0.6 is 0 Å². The summed E-state index contributed by atoms with van der Waals surface area (Å²) in [5, 5.41) is 2.11. The molecule has 0 radical (unpaired) electrons. The van der Waals surface area contributed by atoms with Crippen LogP contribution in [0.3, 0.4) is 0 Å². The molecular weight excluding hydrogens is 1190 g/mol. The topological polar surface area (TPSA) is 90.5 Å². The lowest BCUT2D eigenvalue weighted by atomic mass is 9.67. The summed E-state index contributed by atoms with van der Waals surface area (Å²) < 4.78 is 6.07. The molecule has 0 atom stereocenters. The van der Waals surface area contributed by atoms with Gasteiger partial charge in [-0.3, -0.25) is 0 Å². The highest BCUT2D eigenvalue weighted by Gasteiger charge is 2.47. The molecule has 0 spiro atoms. The van der Waals surface area contributed by atoms with Crippen LogP contribution in [0.5, 0.6) is 0 Å². The number of aromatic nitrogens is 6. The van der Waals surface area contributed by atoms with E-state index in [2.05, 4.69) is 309 Å². The van der Waals surface area contributed by atoms with E-state index in [1.165, 1.54) is 50.1 Å². The van der Waals surface area contributed by atoms with Crippen LogP contribution in [0, 0.1) is 0 Å². The first-order valence-corrected chi connectivity index (χ1v) is 33.0. The third-order valence-electron chi connectivity index (χ3n) is 18.6. The summed E-state index contributed by atoms with van der Waals surface area (Å²) >= 11 is 0. The maximum absolute atomic E-state index is 6.07. The Morgan fingerprint density at radius 1 is 0.194 bits per heavy atom. The SMILES string of the molecule is c1ccc(-c2ccc(-c3nc(-c4ccc(-c5ccccc5)cc4)nc(-c4ccc5oc6ccccc6c5c4)n3)cc2)cc1.c1ccc(-c2ccc(-c3nc(-c4ccc(-c5ccccc5)cc4)nc(-c4cccc5c4-c4ccccc4C5(c4ccccc4)c4ccccc4)n3)cc2)cc1. The van der Waals surface area contributed by atoms with Gasteiger partial charge < -0.3 is 4.42 Å². The molecule has 0 fully saturated rings. The van der Waals surface area contributed by atoms with E-state index in [1.807, 2.05) is 54.6 Å². The summed E-state index contributed by atoms with van der Waals surface area (Å²) in [4.78, 5) is 30.7. The maximum atomic E-state index is 6.07. The molecular formula is C91H60N6O. The zero-order chi connectivity index (χ0) is 65.2. The summed E-state index contributed by atoms with van der Waals surface area (Å²) in [6.45, 7) is 0. The molecule has 18 rings (SSSR count).